The molecule has 0 aromatic carbocycles. The topological polar surface area (TPSA) is 115 Å². The third-order valence-corrected chi connectivity index (χ3v) is 6.25. The maximum Gasteiger partial charge on any atom is 0.211 e. The summed E-state index contributed by atoms with van der Waals surface area (Å²) < 4.78 is 0.910. The summed E-state index contributed by atoms with van der Waals surface area (Å²) in [4.78, 5) is 8.81. The monoisotopic (exact) mass is 492 g/mol. The van der Waals surface area contributed by atoms with Gasteiger partial charge in [-0.05, 0) is 34.1 Å². The fourth-order valence-corrected chi connectivity index (χ4v) is 3.84. The zero-order valence-corrected chi connectivity index (χ0v) is 19.6. The first-order valence-electron chi connectivity index (χ1n) is 8.93. The fraction of sp³-hybridized carbons (Fsp3) is 0.333. The molecule has 4 aromatic rings. The minimum absolute atomic E-state index is 0.382. The third kappa shape index (κ3) is 5.87. The molecule has 4 rings (SSSR count). The average Bonchev–Trinajstić information content (AvgIpc) is 3.31. The maximum atomic E-state index is 5.36. The van der Waals surface area contributed by atoms with Crippen LogP contribution in [0, 0.1) is 0 Å². The van der Waals surface area contributed by atoms with E-state index in [2.05, 4.69) is 79.3 Å². The first-order chi connectivity index (χ1) is 13.8. The van der Waals surface area contributed by atoms with Crippen LogP contribution in [0.1, 0.15) is 49.5 Å². The van der Waals surface area contributed by atoms with Crippen molar-refractivity contribution in [1.29, 1.82) is 0 Å². The minimum atomic E-state index is 0.382. The van der Waals surface area contributed by atoms with Gasteiger partial charge in [0.15, 0.2) is 0 Å². The summed E-state index contributed by atoms with van der Waals surface area (Å²) >= 11 is 6.40. The number of nitrogen functional groups attached to an aromatic ring is 1. The molecule has 0 fully saturated rings. The predicted octanol–water partition coefficient (Wildman–Crippen LogP) is 5.35. The van der Waals surface area contributed by atoms with E-state index in [1.54, 1.807) is 17.5 Å². The Morgan fingerprint density at radius 1 is 0.931 bits per heavy atom. The molecule has 152 valence electrons. The molecule has 0 saturated carbocycles. The van der Waals surface area contributed by atoms with Crippen LogP contribution in [0.4, 0.5) is 16.1 Å². The SMILES string of the molecule is CC(C)c1nnc(N)s1.CC(C)c1nnc(Nc2ccc3ncc(Br)cc3n2)s1. The highest BCUT2D eigenvalue weighted by Crippen LogP contribution is 2.25. The van der Waals surface area contributed by atoms with Crippen molar-refractivity contribution in [3.8, 4) is 0 Å². The molecule has 29 heavy (non-hydrogen) atoms. The Balaban J connectivity index is 0.000000224. The van der Waals surface area contributed by atoms with E-state index in [1.807, 2.05) is 18.2 Å². The fourth-order valence-electron chi connectivity index (χ4n) is 2.16. The van der Waals surface area contributed by atoms with Crippen LogP contribution in [0.15, 0.2) is 28.9 Å². The van der Waals surface area contributed by atoms with Gasteiger partial charge in [0.2, 0.25) is 10.3 Å². The second kappa shape index (κ2) is 9.51. The molecule has 4 aromatic heterocycles. The smallest absolute Gasteiger partial charge is 0.211 e. The van der Waals surface area contributed by atoms with Crippen molar-refractivity contribution < 1.29 is 0 Å². The molecule has 0 atom stereocenters. The van der Waals surface area contributed by atoms with E-state index in [4.69, 9.17) is 5.73 Å². The second-order valence-corrected chi connectivity index (χ2v) is 9.71. The molecule has 0 aliphatic heterocycles. The Kier molecular flexibility index (Phi) is 7.04. The third-order valence-electron chi connectivity index (χ3n) is 3.62. The molecule has 4 heterocycles. The molecule has 0 spiro atoms. The van der Waals surface area contributed by atoms with Crippen LogP contribution < -0.4 is 11.1 Å². The van der Waals surface area contributed by atoms with Gasteiger partial charge in [-0.3, -0.25) is 4.98 Å². The van der Waals surface area contributed by atoms with Crippen molar-refractivity contribution in [1.82, 2.24) is 30.4 Å². The van der Waals surface area contributed by atoms with Crippen LogP contribution in [0.2, 0.25) is 0 Å². The highest BCUT2D eigenvalue weighted by molar-refractivity contribution is 9.10. The number of nitrogens with zero attached hydrogens (tertiary/aromatic N) is 6. The summed E-state index contributed by atoms with van der Waals surface area (Å²) in [6.07, 6.45) is 1.76. The van der Waals surface area contributed by atoms with E-state index in [1.165, 1.54) is 11.3 Å². The lowest BCUT2D eigenvalue weighted by atomic mass is 10.2. The lowest BCUT2D eigenvalue weighted by molar-refractivity contribution is 0.825. The molecule has 0 aliphatic carbocycles. The van der Waals surface area contributed by atoms with Crippen molar-refractivity contribution in [3.05, 3.63) is 38.9 Å². The minimum Gasteiger partial charge on any atom is -0.374 e. The predicted molar refractivity (Wildman–Crippen MR) is 123 cm³/mol. The lowest BCUT2D eigenvalue weighted by Crippen LogP contribution is -1.94. The van der Waals surface area contributed by atoms with Gasteiger partial charge >= 0.3 is 0 Å². The van der Waals surface area contributed by atoms with Crippen LogP contribution in [-0.4, -0.2) is 30.4 Å². The molecular weight excluding hydrogens is 472 g/mol. The van der Waals surface area contributed by atoms with Gasteiger partial charge < -0.3 is 11.1 Å². The molecule has 0 radical (unpaired) electrons. The number of aromatic nitrogens is 6. The van der Waals surface area contributed by atoms with E-state index in [0.717, 1.165) is 36.5 Å². The Labute approximate surface area is 185 Å². The molecule has 0 saturated heterocycles. The summed E-state index contributed by atoms with van der Waals surface area (Å²) in [7, 11) is 0. The number of rotatable bonds is 4. The molecule has 11 heteroatoms. The van der Waals surface area contributed by atoms with Gasteiger partial charge in [-0.2, -0.15) is 0 Å². The summed E-state index contributed by atoms with van der Waals surface area (Å²) in [6, 6.07) is 5.76. The molecule has 0 bridgehead atoms. The van der Waals surface area contributed by atoms with Crippen LogP contribution in [0.25, 0.3) is 11.0 Å². The zero-order chi connectivity index (χ0) is 21.0. The first kappa shape index (κ1) is 21.5. The zero-order valence-electron chi connectivity index (χ0n) is 16.4. The molecule has 0 aliphatic rings. The molecule has 0 amide bonds. The molecule has 0 unspecified atom stereocenters. The van der Waals surface area contributed by atoms with Gasteiger partial charge in [0.1, 0.15) is 15.8 Å². The summed E-state index contributed by atoms with van der Waals surface area (Å²) in [5, 5.41) is 22.3. The lowest BCUT2D eigenvalue weighted by Gasteiger charge is -2.03. The van der Waals surface area contributed by atoms with Gasteiger partial charge in [-0.25, -0.2) is 4.98 Å². The van der Waals surface area contributed by atoms with Crippen molar-refractivity contribution in [3.63, 3.8) is 0 Å². The number of fused-ring (bicyclic) bond motifs is 1. The summed E-state index contributed by atoms with van der Waals surface area (Å²) in [5.41, 5.74) is 7.05. The Morgan fingerprint density at radius 2 is 1.62 bits per heavy atom. The van der Waals surface area contributed by atoms with Crippen molar-refractivity contribution in [2.24, 2.45) is 0 Å². The molecule has 8 nitrogen and oxygen atoms in total. The van der Waals surface area contributed by atoms with E-state index < -0.39 is 0 Å². The van der Waals surface area contributed by atoms with Crippen LogP contribution >= 0.6 is 38.6 Å². The van der Waals surface area contributed by atoms with Crippen molar-refractivity contribution in [2.45, 2.75) is 39.5 Å². The maximum absolute atomic E-state index is 5.36. The number of hydrogen-bond acceptors (Lipinski definition) is 10. The van der Waals surface area contributed by atoms with Gasteiger partial charge in [0.05, 0.1) is 11.0 Å². The average molecular weight is 493 g/mol. The van der Waals surface area contributed by atoms with E-state index in [9.17, 15) is 0 Å². The largest absolute Gasteiger partial charge is 0.374 e. The number of anilines is 3. The summed E-state index contributed by atoms with van der Waals surface area (Å²) in [6.45, 7) is 8.34. The number of halogens is 1. The quantitative estimate of drug-likeness (QED) is 0.391. The Bertz CT molecular complexity index is 1090. The second-order valence-electron chi connectivity index (χ2n) is 6.75. The normalized spacial score (nSPS) is 11.0. The first-order valence-corrected chi connectivity index (χ1v) is 11.4. The molecule has 3 N–H and O–H groups in total. The van der Waals surface area contributed by atoms with Crippen LogP contribution in [-0.2, 0) is 0 Å². The number of hydrogen-bond donors (Lipinski definition) is 2. The van der Waals surface area contributed by atoms with Gasteiger partial charge in [0.25, 0.3) is 0 Å². The number of pyridine rings is 2. The van der Waals surface area contributed by atoms with Gasteiger partial charge in [-0.1, -0.05) is 50.4 Å². The van der Waals surface area contributed by atoms with Gasteiger partial charge in [0, 0.05) is 22.5 Å². The number of nitrogens with two attached hydrogens (primary N) is 1. The Hall–Kier alpha value is -2.24. The van der Waals surface area contributed by atoms with Gasteiger partial charge in [-0.15, -0.1) is 20.4 Å². The van der Waals surface area contributed by atoms with Crippen molar-refractivity contribution in [2.75, 3.05) is 11.1 Å². The van der Waals surface area contributed by atoms with E-state index in [-0.39, 0.29) is 0 Å². The summed E-state index contributed by atoms with van der Waals surface area (Å²) in [5.74, 6) is 1.57. The highest BCUT2D eigenvalue weighted by atomic mass is 79.9. The van der Waals surface area contributed by atoms with Crippen LogP contribution in [0.5, 0.6) is 0 Å². The molecular formula is C18H21BrN8S2. The van der Waals surface area contributed by atoms with E-state index in [0.29, 0.717) is 17.0 Å². The van der Waals surface area contributed by atoms with Crippen molar-refractivity contribution >= 4 is 65.7 Å². The number of nitrogens with one attached hydrogen (secondary N) is 1. The van der Waals surface area contributed by atoms with Crippen LogP contribution in [0.3, 0.4) is 0 Å². The standard InChI is InChI=1S/C13H12BrN5S.C5H9N3S/c1-7(2)12-18-19-13(20-12)17-11-4-3-9-10(16-11)5-8(14)6-15-9;1-3(2)4-7-8-5(6)9-4/h3-7H,1-2H3,(H,16,17,19);3H,1-2H3,(H2,6,8). The van der Waals surface area contributed by atoms with E-state index >= 15 is 0 Å². The highest BCUT2D eigenvalue weighted by Gasteiger charge is 2.09. The Morgan fingerprint density at radius 3 is 2.21 bits per heavy atom.